The summed E-state index contributed by atoms with van der Waals surface area (Å²) in [4.78, 5) is 25.0. The Kier molecular flexibility index (Phi) is 2.96. The van der Waals surface area contributed by atoms with Gasteiger partial charge in [-0.2, -0.15) is 0 Å². The lowest BCUT2D eigenvalue weighted by Crippen LogP contribution is -2.62. The molecule has 1 saturated heterocycles. The first kappa shape index (κ1) is 16.9. The van der Waals surface area contributed by atoms with Gasteiger partial charge in [0.2, 0.25) is 0 Å². The van der Waals surface area contributed by atoms with Gasteiger partial charge in [0.15, 0.2) is 23.8 Å². The van der Waals surface area contributed by atoms with Crippen molar-refractivity contribution >= 4 is 11.6 Å². The summed E-state index contributed by atoms with van der Waals surface area (Å²) in [6.45, 7) is 12.8. The Morgan fingerprint density at radius 3 is 2.65 bits per heavy atom. The fraction of sp³-hybridized carbons (Fsp3) is 0.727. The fourth-order valence-corrected chi connectivity index (χ4v) is 7.56. The van der Waals surface area contributed by atoms with Crippen molar-refractivity contribution in [3.8, 4) is 0 Å². The molecule has 3 nitrogen and oxygen atoms in total. The summed E-state index contributed by atoms with van der Waals surface area (Å²) in [5.41, 5.74) is 0.823. The number of epoxide rings is 1. The molecule has 5 aliphatic rings. The van der Waals surface area contributed by atoms with Gasteiger partial charge >= 0.3 is 0 Å². The molecule has 0 aromatic rings. The normalized spacial score (nSPS) is 57.7. The third kappa shape index (κ3) is 1.49. The first-order valence-corrected chi connectivity index (χ1v) is 9.88. The molecule has 0 bridgehead atoms. The molecule has 4 aliphatic carbocycles. The molecule has 1 spiro atoms. The second kappa shape index (κ2) is 4.57. The number of carbonyl (C=O) groups excluding carboxylic acids is 2. The molecule has 26 heavy (non-hydrogen) atoms. The molecule has 1 heterocycles. The van der Waals surface area contributed by atoms with Crippen molar-refractivity contribution < 1.29 is 18.7 Å². The van der Waals surface area contributed by atoms with Crippen molar-refractivity contribution in [2.45, 2.75) is 64.8 Å². The topological polar surface area (TPSA) is 46.7 Å². The van der Waals surface area contributed by atoms with Gasteiger partial charge in [-0.3, -0.25) is 9.59 Å². The van der Waals surface area contributed by atoms with E-state index in [1.807, 2.05) is 13.8 Å². The van der Waals surface area contributed by atoms with Gasteiger partial charge in [0.1, 0.15) is 5.60 Å². The molecular formula is C22H27FO3. The summed E-state index contributed by atoms with van der Waals surface area (Å²) in [7, 11) is 0. The van der Waals surface area contributed by atoms with E-state index in [2.05, 4.69) is 20.4 Å². The van der Waals surface area contributed by atoms with Crippen LogP contribution in [0.2, 0.25) is 0 Å². The molecule has 0 aromatic carbocycles. The molecule has 0 radical (unpaired) electrons. The second-order valence-electron chi connectivity index (χ2n) is 9.78. The van der Waals surface area contributed by atoms with E-state index in [0.29, 0.717) is 6.42 Å². The Hall–Kier alpha value is -1.29. The zero-order valence-corrected chi connectivity index (χ0v) is 16.0. The van der Waals surface area contributed by atoms with Gasteiger partial charge in [0, 0.05) is 16.7 Å². The first-order valence-electron chi connectivity index (χ1n) is 9.88. The van der Waals surface area contributed by atoms with Gasteiger partial charge in [-0.1, -0.05) is 38.5 Å². The standard InChI is InChI=1S/C22H27FO3/c1-10-8-16(24)19-22(26-19)12(3)11(2)17-13(21(10,22)5)6-7-20(4)14(17)9-15(23)18(20)25/h8,12-15,17,19H,2,6-7,9H2,1,3-5H3/t12?,13-,14+,15?,17-,19?,20+,21-,22?/m1/s1. The molecule has 5 rings (SSSR count). The van der Waals surface area contributed by atoms with Crippen LogP contribution in [0.4, 0.5) is 4.39 Å². The predicted molar refractivity (Wildman–Crippen MR) is 95.1 cm³/mol. The minimum atomic E-state index is -1.34. The van der Waals surface area contributed by atoms with Crippen LogP contribution in [-0.4, -0.2) is 29.4 Å². The number of hydrogen-bond acceptors (Lipinski definition) is 3. The van der Waals surface area contributed by atoms with Crippen LogP contribution in [0.25, 0.3) is 0 Å². The maximum absolute atomic E-state index is 14.4. The average Bonchev–Trinajstić information content (AvgIpc) is 3.31. The lowest BCUT2D eigenvalue weighted by atomic mass is 9.41. The van der Waals surface area contributed by atoms with Crippen molar-refractivity contribution in [1.29, 1.82) is 0 Å². The highest BCUT2D eigenvalue weighted by atomic mass is 19.1. The Morgan fingerprint density at radius 1 is 1.27 bits per heavy atom. The molecule has 4 heteroatoms. The summed E-state index contributed by atoms with van der Waals surface area (Å²) in [5, 5.41) is 0. The highest BCUT2D eigenvalue weighted by molar-refractivity contribution is 5.99. The fourth-order valence-electron chi connectivity index (χ4n) is 7.56. The third-order valence-corrected chi connectivity index (χ3v) is 9.23. The monoisotopic (exact) mass is 358 g/mol. The van der Waals surface area contributed by atoms with Gasteiger partial charge in [0.25, 0.3) is 0 Å². The molecule has 0 amide bonds. The molecular weight excluding hydrogens is 331 g/mol. The second-order valence-corrected chi connectivity index (χ2v) is 9.78. The third-order valence-electron chi connectivity index (χ3n) is 9.23. The van der Waals surface area contributed by atoms with E-state index < -0.39 is 17.2 Å². The van der Waals surface area contributed by atoms with Crippen molar-refractivity contribution in [3.05, 3.63) is 23.8 Å². The van der Waals surface area contributed by atoms with Crippen LogP contribution in [0, 0.1) is 34.5 Å². The Balaban J connectivity index is 1.67. The van der Waals surface area contributed by atoms with E-state index in [9.17, 15) is 14.0 Å². The van der Waals surface area contributed by atoms with Crippen LogP contribution in [-0.2, 0) is 14.3 Å². The molecule has 0 N–H and O–H groups in total. The van der Waals surface area contributed by atoms with Gasteiger partial charge < -0.3 is 4.74 Å². The number of Topliss-reactive ketones (excluding diaryl/α,β-unsaturated/α-hetero) is 1. The zero-order valence-electron chi connectivity index (χ0n) is 16.0. The average molecular weight is 358 g/mol. The van der Waals surface area contributed by atoms with Crippen molar-refractivity contribution in [2.24, 2.45) is 34.5 Å². The molecule has 4 fully saturated rings. The maximum Gasteiger partial charge on any atom is 0.187 e. The number of hydrogen-bond donors (Lipinski definition) is 0. The van der Waals surface area contributed by atoms with Crippen molar-refractivity contribution in [2.75, 3.05) is 0 Å². The Morgan fingerprint density at radius 2 is 1.96 bits per heavy atom. The first-order chi connectivity index (χ1) is 12.1. The number of fused-ring (bicyclic) bond motifs is 4. The van der Waals surface area contributed by atoms with Gasteiger partial charge in [-0.25, -0.2) is 4.39 Å². The maximum atomic E-state index is 14.4. The van der Waals surface area contributed by atoms with Gasteiger partial charge in [-0.05, 0) is 50.0 Å². The minimum Gasteiger partial charge on any atom is -0.356 e. The molecule has 9 atom stereocenters. The number of carbonyl (C=O) groups is 2. The smallest absolute Gasteiger partial charge is 0.187 e. The van der Waals surface area contributed by atoms with Crippen LogP contribution in [0.15, 0.2) is 23.8 Å². The van der Waals surface area contributed by atoms with Gasteiger partial charge in [0.05, 0.1) is 0 Å². The lowest BCUT2D eigenvalue weighted by molar-refractivity contribution is -0.136. The van der Waals surface area contributed by atoms with Crippen LogP contribution < -0.4 is 0 Å². The predicted octanol–water partition coefficient (Wildman–Crippen LogP) is 3.82. The Bertz CT molecular complexity index is 799. The van der Waals surface area contributed by atoms with Crippen LogP contribution >= 0.6 is 0 Å². The van der Waals surface area contributed by atoms with Crippen LogP contribution in [0.3, 0.4) is 0 Å². The highest BCUT2D eigenvalue weighted by Crippen LogP contribution is 2.74. The SMILES string of the molecule is C=C1C(C)C23OC2C(=O)C=C(C)[C@]3(C)[C@@H]2CC[C@]3(C)C(=O)C(F)C[C@H]3[C@H]12. The summed E-state index contributed by atoms with van der Waals surface area (Å²) in [6, 6.07) is 0. The van der Waals surface area contributed by atoms with E-state index in [1.54, 1.807) is 6.08 Å². The number of ketones is 2. The van der Waals surface area contributed by atoms with Crippen LogP contribution in [0.1, 0.15) is 47.0 Å². The van der Waals surface area contributed by atoms with Crippen LogP contribution in [0.5, 0.6) is 0 Å². The number of rotatable bonds is 0. The van der Waals surface area contributed by atoms with Gasteiger partial charge in [-0.15, -0.1) is 0 Å². The van der Waals surface area contributed by atoms with Crippen molar-refractivity contribution in [1.82, 2.24) is 0 Å². The minimum absolute atomic E-state index is 0.00973. The molecule has 140 valence electrons. The summed E-state index contributed by atoms with van der Waals surface area (Å²) < 4.78 is 20.6. The Labute approximate surface area is 154 Å². The van der Waals surface area contributed by atoms with E-state index in [0.717, 1.165) is 24.0 Å². The highest BCUT2D eigenvalue weighted by Gasteiger charge is 2.80. The molecule has 3 saturated carbocycles. The number of alkyl halides is 1. The summed E-state index contributed by atoms with van der Waals surface area (Å²) >= 11 is 0. The summed E-state index contributed by atoms with van der Waals surface area (Å²) in [5.74, 6) is 0.261. The molecule has 1 aliphatic heterocycles. The van der Waals surface area contributed by atoms with Crippen molar-refractivity contribution in [3.63, 3.8) is 0 Å². The number of halogens is 1. The quantitative estimate of drug-likeness (QED) is 0.488. The van der Waals surface area contributed by atoms with E-state index in [1.165, 1.54) is 0 Å². The molecule has 0 aromatic heterocycles. The molecule has 4 unspecified atom stereocenters. The van der Waals surface area contributed by atoms with E-state index >= 15 is 0 Å². The van der Waals surface area contributed by atoms with E-state index in [4.69, 9.17) is 4.74 Å². The largest absolute Gasteiger partial charge is 0.356 e. The number of ether oxygens (including phenoxy) is 1. The van der Waals surface area contributed by atoms with E-state index in [-0.39, 0.29) is 46.8 Å². The summed E-state index contributed by atoms with van der Waals surface area (Å²) in [6.07, 6.45) is 1.95. The zero-order chi connectivity index (χ0) is 18.8. The lowest BCUT2D eigenvalue weighted by Gasteiger charge is -2.61.